The second-order valence-corrected chi connectivity index (χ2v) is 5.59. The number of nitrogens with zero attached hydrogens (tertiary/aromatic N) is 1. The predicted molar refractivity (Wildman–Crippen MR) is 92.7 cm³/mol. The molecule has 0 aliphatic carbocycles. The van der Waals surface area contributed by atoms with Gasteiger partial charge in [-0.15, -0.1) is 0 Å². The van der Waals surface area contributed by atoms with Crippen LogP contribution in [0.15, 0.2) is 59.4 Å². The van der Waals surface area contributed by atoms with Crippen molar-refractivity contribution in [1.82, 2.24) is 4.98 Å². The fraction of sp³-hybridized carbons (Fsp3) is 0.100. The molecule has 0 aliphatic heterocycles. The van der Waals surface area contributed by atoms with Gasteiger partial charge in [-0.3, -0.25) is 4.79 Å². The molecule has 5 heteroatoms. The summed E-state index contributed by atoms with van der Waals surface area (Å²) in [7, 11) is 0. The first kappa shape index (κ1) is 16.5. The van der Waals surface area contributed by atoms with E-state index in [4.69, 9.17) is 4.74 Å². The topological polar surface area (TPSA) is 65.9 Å². The molecule has 0 aliphatic rings. The predicted octanol–water partition coefficient (Wildman–Crippen LogP) is 3.94. The van der Waals surface area contributed by atoms with Gasteiger partial charge in [0.25, 0.3) is 5.56 Å². The first-order valence-electron chi connectivity index (χ1n) is 7.69. The zero-order chi connectivity index (χ0) is 17.8. The highest BCUT2D eigenvalue weighted by atomic mass is 19.1. The molecule has 3 rings (SSSR count). The van der Waals surface area contributed by atoms with Crippen molar-refractivity contribution in [3.63, 3.8) is 0 Å². The lowest BCUT2D eigenvalue weighted by atomic mass is 10.00. The normalized spacial score (nSPS) is 10.3. The number of benzene rings is 2. The summed E-state index contributed by atoms with van der Waals surface area (Å²) in [5.74, 6) is 0.245. The molecule has 0 saturated carbocycles. The molecule has 1 aromatic heterocycles. The maximum Gasteiger partial charge on any atom is 0.266 e. The molecule has 124 valence electrons. The molecule has 1 N–H and O–H groups in total. The number of hydrogen-bond acceptors (Lipinski definition) is 3. The molecule has 0 bridgehead atoms. The number of ether oxygens (including phenoxy) is 1. The highest BCUT2D eigenvalue weighted by Gasteiger charge is 2.14. The molecular weight excluding hydrogens is 319 g/mol. The van der Waals surface area contributed by atoms with Crippen molar-refractivity contribution in [2.24, 2.45) is 0 Å². The second-order valence-electron chi connectivity index (χ2n) is 5.59. The van der Waals surface area contributed by atoms with Crippen LogP contribution in [0.5, 0.6) is 5.75 Å². The number of pyridine rings is 1. The molecule has 0 unspecified atom stereocenters. The van der Waals surface area contributed by atoms with Crippen LogP contribution in [0.1, 0.15) is 16.8 Å². The van der Waals surface area contributed by atoms with Gasteiger partial charge >= 0.3 is 0 Å². The molecule has 2 aromatic carbocycles. The first-order chi connectivity index (χ1) is 12.1. The minimum atomic E-state index is -0.425. The van der Waals surface area contributed by atoms with E-state index < -0.39 is 5.56 Å². The zero-order valence-corrected chi connectivity index (χ0v) is 13.5. The van der Waals surface area contributed by atoms with Crippen LogP contribution in [-0.2, 0) is 6.61 Å². The molecule has 0 spiro atoms. The zero-order valence-electron chi connectivity index (χ0n) is 13.5. The third kappa shape index (κ3) is 3.59. The average molecular weight is 334 g/mol. The molecule has 3 aromatic rings. The SMILES string of the molecule is Cc1cc(-c2ccccc2OCc2ccc(F)cc2)c(C#N)c(=O)[nH]1. The summed E-state index contributed by atoms with van der Waals surface area (Å²) < 4.78 is 18.8. The van der Waals surface area contributed by atoms with Gasteiger partial charge < -0.3 is 9.72 Å². The highest BCUT2D eigenvalue weighted by Crippen LogP contribution is 2.31. The van der Waals surface area contributed by atoms with Gasteiger partial charge in [0.1, 0.15) is 29.8 Å². The van der Waals surface area contributed by atoms with E-state index in [0.29, 0.717) is 22.6 Å². The number of para-hydroxylation sites is 1. The Balaban J connectivity index is 1.98. The maximum absolute atomic E-state index is 13.0. The molecule has 4 nitrogen and oxygen atoms in total. The third-order valence-electron chi connectivity index (χ3n) is 3.76. The Morgan fingerprint density at radius 2 is 1.84 bits per heavy atom. The highest BCUT2D eigenvalue weighted by molar-refractivity contribution is 5.75. The summed E-state index contributed by atoms with van der Waals surface area (Å²) >= 11 is 0. The van der Waals surface area contributed by atoms with Crippen molar-refractivity contribution < 1.29 is 9.13 Å². The summed E-state index contributed by atoms with van der Waals surface area (Å²) in [5, 5.41) is 9.33. The lowest BCUT2D eigenvalue weighted by Crippen LogP contribution is -2.13. The van der Waals surface area contributed by atoms with Gasteiger partial charge in [0.2, 0.25) is 0 Å². The fourth-order valence-electron chi connectivity index (χ4n) is 2.57. The van der Waals surface area contributed by atoms with Crippen molar-refractivity contribution >= 4 is 0 Å². The third-order valence-corrected chi connectivity index (χ3v) is 3.76. The Kier molecular flexibility index (Phi) is 4.62. The van der Waals surface area contributed by atoms with Crippen molar-refractivity contribution in [1.29, 1.82) is 5.26 Å². The number of halogens is 1. The smallest absolute Gasteiger partial charge is 0.266 e. The standard InChI is InChI=1S/C20H15FN2O2/c1-13-10-17(18(11-22)20(24)23-13)16-4-2-3-5-19(16)25-12-14-6-8-15(21)9-7-14/h2-10H,12H2,1H3,(H,23,24). The van der Waals surface area contributed by atoms with E-state index >= 15 is 0 Å². The first-order valence-corrected chi connectivity index (χ1v) is 7.69. The van der Waals surface area contributed by atoms with E-state index in [2.05, 4.69) is 4.98 Å². The Hall–Kier alpha value is -3.39. The monoisotopic (exact) mass is 334 g/mol. The molecule has 0 amide bonds. The van der Waals surface area contributed by atoms with Crippen LogP contribution in [0, 0.1) is 24.1 Å². The molecule has 0 fully saturated rings. The van der Waals surface area contributed by atoms with Crippen LogP contribution in [0.4, 0.5) is 4.39 Å². The summed E-state index contributed by atoms with van der Waals surface area (Å²) in [6.07, 6.45) is 0. The van der Waals surface area contributed by atoms with Crippen molar-refractivity contribution in [2.75, 3.05) is 0 Å². The quantitative estimate of drug-likeness (QED) is 0.786. The van der Waals surface area contributed by atoms with Crippen molar-refractivity contribution in [3.8, 4) is 22.9 Å². The maximum atomic E-state index is 13.0. The molecule has 25 heavy (non-hydrogen) atoms. The number of aromatic amines is 1. The number of nitriles is 1. The largest absolute Gasteiger partial charge is 0.488 e. The van der Waals surface area contributed by atoms with E-state index in [1.807, 2.05) is 18.2 Å². The Bertz CT molecular complexity index is 1000. The van der Waals surface area contributed by atoms with Crippen LogP contribution < -0.4 is 10.3 Å². The summed E-state index contributed by atoms with van der Waals surface area (Å²) in [6.45, 7) is 2.01. The van der Waals surface area contributed by atoms with E-state index in [9.17, 15) is 14.4 Å². The van der Waals surface area contributed by atoms with Gasteiger partial charge in [0, 0.05) is 16.8 Å². The number of hydrogen-bond donors (Lipinski definition) is 1. The van der Waals surface area contributed by atoms with Gasteiger partial charge in [0.05, 0.1) is 0 Å². The number of aromatic nitrogens is 1. The van der Waals surface area contributed by atoms with Crippen LogP contribution in [0.3, 0.4) is 0 Å². The summed E-state index contributed by atoms with van der Waals surface area (Å²) in [4.78, 5) is 14.7. The van der Waals surface area contributed by atoms with Gasteiger partial charge in [-0.25, -0.2) is 4.39 Å². The Labute approximate surface area is 144 Å². The van der Waals surface area contributed by atoms with Gasteiger partial charge in [-0.2, -0.15) is 5.26 Å². The molecule has 0 radical (unpaired) electrons. The number of nitrogens with one attached hydrogen (secondary N) is 1. The van der Waals surface area contributed by atoms with Gasteiger partial charge in [0.15, 0.2) is 0 Å². The van der Waals surface area contributed by atoms with Crippen LogP contribution in [-0.4, -0.2) is 4.98 Å². The van der Waals surface area contributed by atoms with Crippen molar-refractivity contribution in [2.45, 2.75) is 13.5 Å². The minimum Gasteiger partial charge on any atom is -0.488 e. The second kappa shape index (κ2) is 7.02. The average Bonchev–Trinajstić information content (AvgIpc) is 2.61. The molecular formula is C20H15FN2O2. The van der Waals surface area contributed by atoms with Crippen molar-refractivity contribution in [3.05, 3.63) is 87.6 Å². The van der Waals surface area contributed by atoms with Gasteiger partial charge in [-0.05, 0) is 36.8 Å². The minimum absolute atomic E-state index is 0.0448. The Morgan fingerprint density at radius 1 is 1.12 bits per heavy atom. The van der Waals surface area contributed by atoms with E-state index in [1.165, 1.54) is 12.1 Å². The lowest BCUT2D eigenvalue weighted by Gasteiger charge is -2.13. The number of rotatable bonds is 4. The lowest BCUT2D eigenvalue weighted by molar-refractivity contribution is 0.307. The van der Waals surface area contributed by atoms with Gasteiger partial charge in [-0.1, -0.05) is 30.3 Å². The van der Waals surface area contributed by atoms with Crippen LogP contribution >= 0.6 is 0 Å². The molecule has 0 atom stereocenters. The number of aryl methyl sites for hydroxylation is 1. The van der Waals surface area contributed by atoms with E-state index in [0.717, 1.165) is 5.56 Å². The molecule has 1 heterocycles. The van der Waals surface area contributed by atoms with E-state index in [-0.39, 0.29) is 18.0 Å². The Morgan fingerprint density at radius 3 is 2.56 bits per heavy atom. The van der Waals surface area contributed by atoms with E-state index in [1.54, 1.807) is 37.3 Å². The van der Waals surface area contributed by atoms with Crippen LogP contribution in [0.25, 0.3) is 11.1 Å². The fourth-order valence-corrected chi connectivity index (χ4v) is 2.57. The molecule has 0 saturated heterocycles. The summed E-state index contributed by atoms with van der Waals surface area (Å²) in [5.41, 5.74) is 2.29. The summed E-state index contributed by atoms with van der Waals surface area (Å²) in [6, 6.07) is 17.0. The number of H-pyrrole nitrogens is 1. The van der Waals surface area contributed by atoms with Crippen LogP contribution in [0.2, 0.25) is 0 Å².